The predicted molar refractivity (Wildman–Crippen MR) is 139 cm³/mol. The van der Waals surface area contributed by atoms with Crippen molar-refractivity contribution in [2.75, 3.05) is 52.5 Å². The van der Waals surface area contributed by atoms with Crippen molar-refractivity contribution < 1.29 is 19.2 Å². The molecule has 1 aromatic heterocycles. The lowest BCUT2D eigenvalue weighted by Gasteiger charge is -2.34. The summed E-state index contributed by atoms with van der Waals surface area (Å²) < 4.78 is 5.41. The van der Waals surface area contributed by atoms with Crippen LogP contribution in [0.3, 0.4) is 0 Å². The molecule has 2 N–H and O–H groups in total. The van der Waals surface area contributed by atoms with Gasteiger partial charge in [0.25, 0.3) is 0 Å². The van der Waals surface area contributed by atoms with Crippen LogP contribution in [0.15, 0.2) is 24.5 Å². The van der Waals surface area contributed by atoms with Gasteiger partial charge in [-0.1, -0.05) is 38.2 Å². The van der Waals surface area contributed by atoms with E-state index in [9.17, 15) is 9.59 Å². The number of hydrogen-bond donors (Lipinski definition) is 2. The topological polar surface area (TPSA) is 96.0 Å². The van der Waals surface area contributed by atoms with E-state index in [4.69, 9.17) is 9.57 Å². The summed E-state index contributed by atoms with van der Waals surface area (Å²) in [6.45, 7) is 6.04. The van der Waals surface area contributed by atoms with Crippen LogP contribution in [0.5, 0.6) is 0 Å². The van der Waals surface area contributed by atoms with E-state index in [1.807, 2.05) is 18.3 Å². The Bertz CT molecular complexity index is 739. The summed E-state index contributed by atoms with van der Waals surface area (Å²) in [5.74, 6) is 0.120. The van der Waals surface area contributed by atoms with Crippen LogP contribution >= 0.6 is 0 Å². The van der Waals surface area contributed by atoms with Crippen molar-refractivity contribution in [2.45, 2.75) is 76.7 Å². The average Bonchev–Trinajstić information content (AvgIpc) is 2.92. The van der Waals surface area contributed by atoms with Gasteiger partial charge in [0.2, 0.25) is 5.91 Å². The minimum atomic E-state index is -0.133. The number of amides is 3. The number of carbonyl (C=O) groups excluding carboxylic acids is 2. The molecule has 9 nitrogen and oxygen atoms in total. The lowest BCUT2D eigenvalue weighted by molar-refractivity contribution is -0.205. The Morgan fingerprint density at radius 3 is 2.61 bits per heavy atom. The van der Waals surface area contributed by atoms with Crippen molar-refractivity contribution in [2.24, 2.45) is 0 Å². The van der Waals surface area contributed by atoms with Crippen molar-refractivity contribution in [3.05, 3.63) is 30.1 Å². The molecule has 9 heteroatoms. The number of nitrogens with one attached hydrogen (secondary N) is 2. The number of pyridine rings is 1. The quantitative estimate of drug-likeness (QED) is 0.282. The van der Waals surface area contributed by atoms with Crippen molar-refractivity contribution in [1.29, 1.82) is 0 Å². The molecule has 2 aliphatic rings. The number of hydroxylamine groups is 2. The van der Waals surface area contributed by atoms with Crippen LogP contribution in [0, 0.1) is 0 Å². The zero-order valence-electron chi connectivity index (χ0n) is 21.8. The van der Waals surface area contributed by atoms with E-state index in [0.29, 0.717) is 26.1 Å². The third-order valence-corrected chi connectivity index (χ3v) is 6.92. The fourth-order valence-electron chi connectivity index (χ4n) is 4.79. The third-order valence-electron chi connectivity index (χ3n) is 6.92. The van der Waals surface area contributed by atoms with E-state index in [2.05, 4.69) is 20.5 Å². The molecule has 202 valence electrons. The molecule has 0 atom stereocenters. The van der Waals surface area contributed by atoms with Gasteiger partial charge in [0.15, 0.2) is 0 Å². The van der Waals surface area contributed by atoms with Crippen LogP contribution in [0.1, 0.15) is 69.8 Å². The molecule has 3 rings (SSSR count). The average molecular weight is 504 g/mol. The fraction of sp³-hybridized carbons (Fsp3) is 0.741. The van der Waals surface area contributed by atoms with Crippen LogP contribution in [-0.2, 0) is 20.8 Å². The molecule has 2 heterocycles. The fourth-order valence-corrected chi connectivity index (χ4v) is 4.79. The number of aromatic nitrogens is 1. The number of rotatable bonds is 15. The number of morpholine rings is 1. The highest BCUT2D eigenvalue weighted by molar-refractivity contribution is 5.75. The van der Waals surface area contributed by atoms with Gasteiger partial charge in [-0.15, -0.1) is 0 Å². The Morgan fingerprint density at radius 1 is 1.06 bits per heavy atom. The summed E-state index contributed by atoms with van der Waals surface area (Å²) in [6.07, 6.45) is 14.3. The van der Waals surface area contributed by atoms with Crippen molar-refractivity contribution in [3.63, 3.8) is 0 Å². The van der Waals surface area contributed by atoms with Crippen LogP contribution in [0.25, 0.3) is 0 Å². The van der Waals surface area contributed by atoms with Gasteiger partial charge in [0, 0.05) is 51.5 Å². The monoisotopic (exact) mass is 503 g/mol. The highest BCUT2D eigenvalue weighted by Crippen LogP contribution is 2.24. The molecule has 1 aliphatic carbocycles. The lowest BCUT2D eigenvalue weighted by Crippen LogP contribution is -2.44. The number of ether oxygens (including phenoxy) is 1. The van der Waals surface area contributed by atoms with E-state index >= 15 is 0 Å². The Hall–Kier alpha value is -2.23. The minimum Gasteiger partial charge on any atom is -0.379 e. The zero-order valence-corrected chi connectivity index (χ0v) is 21.8. The number of carbonyl (C=O) groups is 2. The summed E-state index contributed by atoms with van der Waals surface area (Å²) in [5, 5.41) is 7.50. The van der Waals surface area contributed by atoms with Crippen molar-refractivity contribution >= 4 is 11.9 Å². The zero-order chi connectivity index (χ0) is 25.3. The van der Waals surface area contributed by atoms with E-state index < -0.39 is 0 Å². The first kappa shape index (κ1) is 28.3. The van der Waals surface area contributed by atoms with Crippen LogP contribution in [-0.4, -0.2) is 85.5 Å². The molecule has 0 aromatic carbocycles. The maximum Gasteiger partial charge on any atom is 0.314 e. The SMILES string of the molecule is O=C(NCCCCCCC(=O)N(OCCN1CCOCC1)C1CCCCC1)NCCc1cccnc1. The highest BCUT2D eigenvalue weighted by Gasteiger charge is 2.26. The van der Waals surface area contributed by atoms with Crippen molar-refractivity contribution in [1.82, 2.24) is 25.6 Å². The highest BCUT2D eigenvalue weighted by atomic mass is 16.7. The first-order valence-electron chi connectivity index (χ1n) is 13.9. The van der Waals surface area contributed by atoms with Crippen LogP contribution < -0.4 is 10.6 Å². The van der Waals surface area contributed by atoms with Gasteiger partial charge >= 0.3 is 6.03 Å². The molecule has 3 amide bonds. The largest absolute Gasteiger partial charge is 0.379 e. The first-order valence-corrected chi connectivity index (χ1v) is 13.9. The van der Waals surface area contributed by atoms with E-state index in [1.54, 1.807) is 11.3 Å². The molecule has 0 bridgehead atoms. The maximum absolute atomic E-state index is 13.0. The Labute approximate surface area is 216 Å². The Balaban J connectivity index is 1.24. The predicted octanol–water partition coefficient (Wildman–Crippen LogP) is 3.30. The second kappa shape index (κ2) is 17.3. The summed E-state index contributed by atoms with van der Waals surface area (Å²) in [7, 11) is 0. The maximum atomic E-state index is 13.0. The van der Waals surface area contributed by atoms with Gasteiger partial charge in [-0.05, 0) is 43.7 Å². The number of hydrogen-bond acceptors (Lipinski definition) is 6. The molecule has 2 fully saturated rings. The molecule has 0 unspecified atom stereocenters. The van der Waals surface area contributed by atoms with Crippen molar-refractivity contribution in [3.8, 4) is 0 Å². The number of unbranched alkanes of at least 4 members (excludes halogenated alkanes) is 3. The van der Waals surface area contributed by atoms with Gasteiger partial charge in [0.05, 0.1) is 25.9 Å². The normalized spacial score (nSPS) is 17.0. The Kier molecular flexibility index (Phi) is 13.6. The summed E-state index contributed by atoms with van der Waals surface area (Å²) >= 11 is 0. The second-order valence-electron chi connectivity index (χ2n) is 9.76. The molecule has 1 saturated carbocycles. The van der Waals surface area contributed by atoms with Gasteiger partial charge in [-0.3, -0.25) is 19.5 Å². The molecular formula is C27H45N5O4. The van der Waals surface area contributed by atoms with Gasteiger partial charge in [-0.25, -0.2) is 9.86 Å². The molecular weight excluding hydrogens is 458 g/mol. The van der Waals surface area contributed by atoms with Gasteiger partial charge in [0.1, 0.15) is 0 Å². The first-order chi connectivity index (χ1) is 17.7. The standard InChI is InChI=1S/C27H45N5O4/c33-26(32(25-10-4-3-5-11-25)36-22-19-31-17-20-35-21-18-31)12-6-1-2-7-15-29-27(34)30-16-13-24-9-8-14-28-23-24/h8-9,14,23,25H,1-7,10-13,15-22H2,(H2,29,30,34). The summed E-state index contributed by atoms with van der Waals surface area (Å²) in [5.41, 5.74) is 1.11. The summed E-state index contributed by atoms with van der Waals surface area (Å²) in [6, 6.07) is 3.99. The van der Waals surface area contributed by atoms with E-state index in [1.165, 1.54) is 19.3 Å². The smallest absolute Gasteiger partial charge is 0.314 e. The van der Waals surface area contributed by atoms with E-state index in [-0.39, 0.29) is 18.0 Å². The second-order valence-corrected chi connectivity index (χ2v) is 9.76. The summed E-state index contributed by atoms with van der Waals surface area (Å²) in [4.78, 5) is 37.4. The lowest BCUT2D eigenvalue weighted by atomic mass is 9.95. The number of nitrogens with zero attached hydrogens (tertiary/aromatic N) is 3. The minimum absolute atomic E-state index is 0.120. The molecule has 36 heavy (non-hydrogen) atoms. The molecule has 1 saturated heterocycles. The molecule has 0 radical (unpaired) electrons. The van der Waals surface area contributed by atoms with E-state index in [0.717, 1.165) is 83.4 Å². The number of urea groups is 1. The molecule has 1 aliphatic heterocycles. The van der Waals surface area contributed by atoms with Crippen LogP contribution in [0.4, 0.5) is 4.79 Å². The molecule has 1 aromatic rings. The van der Waals surface area contributed by atoms with Crippen LogP contribution in [0.2, 0.25) is 0 Å². The van der Waals surface area contributed by atoms with Gasteiger partial charge in [-0.2, -0.15) is 0 Å². The molecule has 0 spiro atoms. The third kappa shape index (κ3) is 11.2. The Morgan fingerprint density at radius 2 is 1.83 bits per heavy atom. The van der Waals surface area contributed by atoms with Gasteiger partial charge < -0.3 is 15.4 Å².